The zero-order valence-electron chi connectivity index (χ0n) is 10.2. The normalized spacial score (nSPS) is 34.6. The fraction of sp³-hybridized carbons (Fsp3) is 0.917. The van der Waals surface area contributed by atoms with Crippen molar-refractivity contribution in [3.8, 4) is 0 Å². The number of likely N-dealkylation sites (tertiary alicyclic amines) is 1. The summed E-state index contributed by atoms with van der Waals surface area (Å²) in [6.07, 6.45) is 3.47. The van der Waals surface area contributed by atoms with Crippen LogP contribution >= 0.6 is 12.4 Å². The highest BCUT2D eigenvalue weighted by atomic mass is 35.5. The molecule has 4 heteroatoms. The first kappa shape index (κ1) is 13.8. The fourth-order valence-electron chi connectivity index (χ4n) is 2.70. The molecule has 2 unspecified atom stereocenters. The summed E-state index contributed by atoms with van der Waals surface area (Å²) in [5.74, 6) is 1.32. The van der Waals surface area contributed by atoms with Crippen molar-refractivity contribution in [1.82, 2.24) is 10.2 Å². The number of hydrogen-bond acceptors (Lipinski definition) is 2. The zero-order valence-corrected chi connectivity index (χ0v) is 11.1. The van der Waals surface area contributed by atoms with Crippen molar-refractivity contribution in [3.05, 3.63) is 0 Å². The molecule has 94 valence electrons. The van der Waals surface area contributed by atoms with Crippen LogP contribution in [0.3, 0.4) is 0 Å². The first-order valence-electron chi connectivity index (χ1n) is 6.19. The Morgan fingerprint density at radius 1 is 1.25 bits per heavy atom. The van der Waals surface area contributed by atoms with Gasteiger partial charge >= 0.3 is 0 Å². The van der Waals surface area contributed by atoms with E-state index in [1.54, 1.807) is 0 Å². The highest BCUT2D eigenvalue weighted by Crippen LogP contribution is 2.24. The minimum Gasteiger partial charge on any atom is -0.339 e. The van der Waals surface area contributed by atoms with E-state index in [1.165, 1.54) is 12.8 Å². The molecule has 0 saturated carbocycles. The molecule has 0 spiro atoms. The first-order chi connectivity index (χ1) is 7.18. The maximum atomic E-state index is 12.2. The Hall–Kier alpha value is -0.280. The molecule has 0 aromatic heterocycles. The lowest BCUT2D eigenvalue weighted by Crippen LogP contribution is -2.47. The van der Waals surface area contributed by atoms with E-state index in [-0.39, 0.29) is 18.3 Å². The average molecular weight is 247 g/mol. The lowest BCUT2D eigenvalue weighted by Gasteiger charge is -2.38. The van der Waals surface area contributed by atoms with Gasteiger partial charge < -0.3 is 10.2 Å². The predicted molar refractivity (Wildman–Crippen MR) is 67.8 cm³/mol. The molecule has 2 rings (SSSR count). The summed E-state index contributed by atoms with van der Waals surface area (Å²) >= 11 is 0. The van der Waals surface area contributed by atoms with E-state index < -0.39 is 0 Å². The number of piperidine rings is 1. The highest BCUT2D eigenvalue weighted by Gasteiger charge is 2.32. The maximum absolute atomic E-state index is 12.2. The van der Waals surface area contributed by atoms with E-state index in [4.69, 9.17) is 0 Å². The van der Waals surface area contributed by atoms with Gasteiger partial charge in [-0.2, -0.15) is 0 Å². The van der Waals surface area contributed by atoms with Gasteiger partial charge in [-0.25, -0.2) is 0 Å². The Morgan fingerprint density at radius 3 is 2.62 bits per heavy atom. The Balaban J connectivity index is 0.00000128. The van der Waals surface area contributed by atoms with Gasteiger partial charge in [-0.3, -0.25) is 4.79 Å². The summed E-state index contributed by atoms with van der Waals surface area (Å²) in [7, 11) is 0. The molecule has 16 heavy (non-hydrogen) atoms. The van der Waals surface area contributed by atoms with Crippen molar-refractivity contribution in [3.63, 3.8) is 0 Å². The van der Waals surface area contributed by atoms with Crippen LogP contribution in [0.15, 0.2) is 0 Å². The molecule has 2 fully saturated rings. The lowest BCUT2D eigenvalue weighted by molar-refractivity contribution is -0.139. The van der Waals surface area contributed by atoms with Crippen LogP contribution in [-0.4, -0.2) is 36.5 Å². The molecule has 0 aliphatic carbocycles. The third kappa shape index (κ3) is 2.89. The topological polar surface area (TPSA) is 32.3 Å². The number of hydrogen-bond donors (Lipinski definition) is 1. The summed E-state index contributed by atoms with van der Waals surface area (Å²) in [5.41, 5.74) is 0. The van der Waals surface area contributed by atoms with E-state index in [2.05, 4.69) is 24.1 Å². The highest BCUT2D eigenvalue weighted by molar-refractivity contribution is 5.85. The summed E-state index contributed by atoms with van der Waals surface area (Å²) in [4.78, 5) is 14.4. The van der Waals surface area contributed by atoms with Crippen LogP contribution in [0.25, 0.3) is 0 Å². The maximum Gasteiger partial charge on any atom is 0.227 e. The Bertz CT molecular complexity index is 241. The summed E-state index contributed by atoms with van der Waals surface area (Å²) in [5, 5.41) is 3.27. The number of amides is 1. The standard InChI is InChI=1S/C12H22N2O.ClH/c1-9-3-4-10(2)14(8-9)12(15)11-5-6-13-7-11;/h9-11,13H,3-8H2,1-2H3;1H/t9?,10?,11-;/m1./s1. The van der Waals surface area contributed by atoms with Crippen LogP contribution in [0.1, 0.15) is 33.1 Å². The number of carbonyl (C=O) groups is 1. The predicted octanol–water partition coefficient (Wildman–Crippen LogP) is 1.66. The molecular formula is C12H23ClN2O. The van der Waals surface area contributed by atoms with E-state index in [1.807, 2.05) is 0 Å². The van der Waals surface area contributed by atoms with Crippen molar-refractivity contribution in [2.75, 3.05) is 19.6 Å². The second-order valence-electron chi connectivity index (χ2n) is 5.21. The number of halogens is 1. The van der Waals surface area contributed by atoms with Gasteiger partial charge in [-0.1, -0.05) is 6.92 Å². The van der Waals surface area contributed by atoms with Crippen LogP contribution in [0.5, 0.6) is 0 Å². The molecule has 0 aromatic rings. The van der Waals surface area contributed by atoms with Gasteiger partial charge in [0.25, 0.3) is 0 Å². The monoisotopic (exact) mass is 246 g/mol. The first-order valence-corrected chi connectivity index (χ1v) is 6.19. The summed E-state index contributed by atoms with van der Waals surface area (Å²) < 4.78 is 0. The number of nitrogens with zero attached hydrogens (tertiary/aromatic N) is 1. The van der Waals surface area contributed by atoms with Crippen molar-refractivity contribution in [2.24, 2.45) is 11.8 Å². The zero-order chi connectivity index (χ0) is 10.8. The molecule has 0 aromatic carbocycles. The van der Waals surface area contributed by atoms with E-state index >= 15 is 0 Å². The minimum atomic E-state index is 0. The van der Waals surface area contributed by atoms with Crippen LogP contribution in [-0.2, 0) is 4.79 Å². The van der Waals surface area contributed by atoms with E-state index in [9.17, 15) is 4.79 Å². The fourth-order valence-corrected chi connectivity index (χ4v) is 2.70. The third-order valence-electron chi connectivity index (χ3n) is 3.81. The number of rotatable bonds is 1. The van der Waals surface area contributed by atoms with E-state index in [0.29, 0.717) is 17.9 Å². The largest absolute Gasteiger partial charge is 0.339 e. The smallest absolute Gasteiger partial charge is 0.227 e. The summed E-state index contributed by atoms with van der Waals surface area (Å²) in [6.45, 7) is 7.30. The molecule has 1 amide bonds. The molecule has 3 atom stereocenters. The number of nitrogens with one attached hydrogen (secondary N) is 1. The molecule has 2 aliphatic rings. The SMILES string of the molecule is CC1CCC(C)N(C(=O)[C@@H]2CCNC2)C1.Cl. The Morgan fingerprint density at radius 2 is 2.00 bits per heavy atom. The Kier molecular flexibility index (Phi) is 5.06. The van der Waals surface area contributed by atoms with Gasteiger partial charge in [-0.15, -0.1) is 12.4 Å². The quantitative estimate of drug-likeness (QED) is 0.763. The molecule has 1 N–H and O–H groups in total. The van der Waals surface area contributed by atoms with Crippen molar-refractivity contribution < 1.29 is 4.79 Å². The van der Waals surface area contributed by atoms with Gasteiger partial charge in [0, 0.05) is 19.1 Å². The van der Waals surface area contributed by atoms with E-state index in [0.717, 1.165) is 26.1 Å². The molecular weight excluding hydrogens is 224 g/mol. The third-order valence-corrected chi connectivity index (χ3v) is 3.81. The molecule has 2 heterocycles. The minimum absolute atomic E-state index is 0. The molecule has 0 bridgehead atoms. The molecule has 0 radical (unpaired) electrons. The van der Waals surface area contributed by atoms with Crippen LogP contribution in [0.4, 0.5) is 0 Å². The lowest BCUT2D eigenvalue weighted by atomic mass is 9.93. The van der Waals surface area contributed by atoms with Crippen LogP contribution in [0, 0.1) is 11.8 Å². The van der Waals surface area contributed by atoms with Gasteiger partial charge in [0.15, 0.2) is 0 Å². The van der Waals surface area contributed by atoms with Crippen molar-refractivity contribution in [1.29, 1.82) is 0 Å². The van der Waals surface area contributed by atoms with Gasteiger partial charge in [0.1, 0.15) is 0 Å². The molecule has 2 aliphatic heterocycles. The van der Waals surface area contributed by atoms with Crippen molar-refractivity contribution in [2.45, 2.75) is 39.2 Å². The van der Waals surface area contributed by atoms with Gasteiger partial charge in [0.2, 0.25) is 5.91 Å². The summed E-state index contributed by atoms with van der Waals surface area (Å²) in [6, 6.07) is 0.453. The second-order valence-corrected chi connectivity index (χ2v) is 5.21. The molecule has 2 saturated heterocycles. The second kappa shape index (κ2) is 5.87. The van der Waals surface area contributed by atoms with Crippen LogP contribution in [0.2, 0.25) is 0 Å². The molecule has 3 nitrogen and oxygen atoms in total. The van der Waals surface area contributed by atoms with Gasteiger partial charge in [0.05, 0.1) is 5.92 Å². The Labute approximate surface area is 104 Å². The average Bonchev–Trinajstić information content (AvgIpc) is 2.74. The van der Waals surface area contributed by atoms with Crippen LogP contribution < -0.4 is 5.32 Å². The van der Waals surface area contributed by atoms with Crippen molar-refractivity contribution >= 4 is 18.3 Å². The van der Waals surface area contributed by atoms with Gasteiger partial charge in [-0.05, 0) is 38.6 Å². The number of carbonyl (C=O) groups excluding carboxylic acids is 1.